The van der Waals surface area contributed by atoms with Gasteiger partial charge in [0.1, 0.15) is 0 Å². The molecule has 0 aliphatic carbocycles. The molecule has 0 heterocycles. The molecule has 30 heavy (non-hydrogen) atoms. The van der Waals surface area contributed by atoms with E-state index in [-0.39, 0.29) is 32.3 Å². The van der Waals surface area contributed by atoms with E-state index >= 15 is 0 Å². The van der Waals surface area contributed by atoms with Gasteiger partial charge in [0.2, 0.25) is 0 Å². The van der Waals surface area contributed by atoms with Crippen LogP contribution in [0.1, 0.15) is 11.1 Å². The van der Waals surface area contributed by atoms with Crippen LogP contribution in [0.5, 0.6) is 0 Å². The van der Waals surface area contributed by atoms with Crippen molar-refractivity contribution >= 4 is 43.1 Å². The summed E-state index contributed by atoms with van der Waals surface area (Å²) < 4.78 is 78.3. The number of hydrogen-bond donors (Lipinski definition) is 0. The van der Waals surface area contributed by atoms with Crippen molar-refractivity contribution in [1.29, 1.82) is 0 Å². The van der Waals surface area contributed by atoms with Crippen LogP contribution in [0, 0.1) is 0 Å². The van der Waals surface area contributed by atoms with Crippen LogP contribution in [0.4, 0.5) is 26.3 Å². The van der Waals surface area contributed by atoms with Crippen LogP contribution in [0.2, 0.25) is 0 Å². The summed E-state index contributed by atoms with van der Waals surface area (Å²) in [4.78, 5) is 25.7. The summed E-state index contributed by atoms with van der Waals surface area (Å²) in [6.07, 6.45) is -9.28. The van der Waals surface area contributed by atoms with Gasteiger partial charge < -0.3 is 0 Å². The molecule has 0 N–H and O–H groups in total. The highest BCUT2D eigenvalue weighted by Gasteiger charge is 2.32. The molecule has 5 rings (SSSR count). The molecule has 0 saturated heterocycles. The lowest BCUT2D eigenvalue weighted by molar-refractivity contribution is -0.138. The Morgan fingerprint density at radius 3 is 1.47 bits per heavy atom. The minimum atomic E-state index is -4.65. The van der Waals surface area contributed by atoms with Gasteiger partial charge in [-0.05, 0) is 46.5 Å². The predicted octanol–water partition coefficient (Wildman–Crippen LogP) is 5.93. The van der Waals surface area contributed by atoms with Gasteiger partial charge in [-0.25, -0.2) is 0 Å². The highest BCUT2D eigenvalue weighted by atomic mass is 19.4. The zero-order valence-corrected chi connectivity index (χ0v) is 14.7. The Morgan fingerprint density at radius 1 is 0.467 bits per heavy atom. The summed E-state index contributed by atoms with van der Waals surface area (Å²) in [5, 5.41) is 0.720. The number of halogens is 6. The molecule has 0 spiro atoms. The summed E-state index contributed by atoms with van der Waals surface area (Å²) in [7, 11) is 0. The Labute approximate surface area is 162 Å². The molecule has 0 radical (unpaired) electrons. The molecule has 0 saturated carbocycles. The molecule has 2 nitrogen and oxygen atoms in total. The molecule has 5 aromatic rings. The van der Waals surface area contributed by atoms with Gasteiger partial charge in [0, 0.05) is 26.9 Å². The first-order valence-electron chi connectivity index (χ1n) is 8.68. The standard InChI is InChI=1S/C22H8F6O2/c23-21(24,25)9-1-3-11-12-5-6-14-17(18(12)20(30)15(11)7-9)13-4-2-10(22(26,27)28)8-16(13)19(14)29/h1-8H. The molecular weight excluding hydrogens is 410 g/mol. The van der Waals surface area contributed by atoms with E-state index < -0.39 is 34.3 Å². The van der Waals surface area contributed by atoms with Crippen molar-refractivity contribution in [2.24, 2.45) is 0 Å². The quantitative estimate of drug-likeness (QED) is 0.292. The van der Waals surface area contributed by atoms with Crippen LogP contribution in [0.15, 0.2) is 58.1 Å². The largest absolute Gasteiger partial charge is 0.416 e. The number of alkyl halides is 6. The maximum atomic E-state index is 13.1. The number of fused-ring (bicyclic) bond motifs is 7. The van der Waals surface area contributed by atoms with E-state index in [1.807, 2.05) is 0 Å². The monoisotopic (exact) mass is 418 g/mol. The molecule has 5 aromatic carbocycles. The van der Waals surface area contributed by atoms with E-state index in [2.05, 4.69) is 0 Å². The first kappa shape index (κ1) is 18.6. The molecular formula is C22H8F6O2. The van der Waals surface area contributed by atoms with Gasteiger partial charge in [-0.15, -0.1) is 0 Å². The van der Waals surface area contributed by atoms with E-state index in [0.717, 1.165) is 30.3 Å². The van der Waals surface area contributed by atoms with Crippen LogP contribution in [-0.2, 0) is 12.4 Å². The summed E-state index contributed by atoms with van der Waals surface area (Å²) in [6.45, 7) is 0. The Bertz CT molecular complexity index is 1600. The average molecular weight is 418 g/mol. The molecule has 0 aliphatic heterocycles. The third kappa shape index (κ3) is 2.39. The fourth-order valence-electron chi connectivity index (χ4n) is 4.08. The molecule has 0 aliphatic rings. The van der Waals surface area contributed by atoms with Crippen molar-refractivity contribution < 1.29 is 26.3 Å². The Kier molecular flexibility index (Phi) is 3.47. The topological polar surface area (TPSA) is 34.1 Å². The molecule has 0 fully saturated rings. The second-order valence-corrected chi connectivity index (χ2v) is 7.09. The lowest BCUT2D eigenvalue weighted by atomic mass is 10.1. The first-order valence-corrected chi connectivity index (χ1v) is 8.68. The molecule has 8 heteroatoms. The molecule has 0 atom stereocenters. The molecule has 0 bridgehead atoms. The number of benzene rings is 3. The smallest absolute Gasteiger partial charge is 0.289 e. The van der Waals surface area contributed by atoms with Gasteiger partial charge in [0.15, 0.2) is 10.9 Å². The maximum absolute atomic E-state index is 13.1. The average Bonchev–Trinajstić information content (AvgIpc) is 3.12. The van der Waals surface area contributed by atoms with E-state index in [1.54, 1.807) is 0 Å². The van der Waals surface area contributed by atoms with Crippen LogP contribution in [0.25, 0.3) is 43.1 Å². The van der Waals surface area contributed by atoms with Crippen molar-refractivity contribution in [3.63, 3.8) is 0 Å². The zero-order valence-electron chi connectivity index (χ0n) is 14.7. The van der Waals surface area contributed by atoms with E-state index in [9.17, 15) is 35.9 Å². The lowest BCUT2D eigenvalue weighted by Crippen LogP contribution is -2.05. The van der Waals surface area contributed by atoms with Crippen molar-refractivity contribution in [3.05, 3.63) is 80.1 Å². The summed E-state index contributed by atoms with van der Waals surface area (Å²) in [5.74, 6) is 0. The van der Waals surface area contributed by atoms with Gasteiger partial charge in [0.05, 0.1) is 11.1 Å². The predicted molar refractivity (Wildman–Crippen MR) is 101 cm³/mol. The second kappa shape index (κ2) is 5.59. The minimum absolute atomic E-state index is 0.0358. The van der Waals surface area contributed by atoms with Crippen molar-refractivity contribution in [3.8, 4) is 0 Å². The van der Waals surface area contributed by atoms with E-state index in [4.69, 9.17) is 0 Å². The number of hydrogen-bond acceptors (Lipinski definition) is 2. The molecule has 0 amide bonds. The van der Waals surface area contributed by atoms with Gasteiger partial charge in [0.25, 0.3) is 0 Å². The van der Waals surface area contributed by atoms with Crippen molar-refractivity contribution in [2.75, 3.05) is 0 Å². The fourth-order valence-corrected chi connectivity index (χ4v) is 4.08. The van der Waals surface area contributed by atoms with Crippen LogP contribution < -0.4 is 10.9 Å². The maximum Gasteiger partial charge on any atom is 0.416 e. The minimum Gasteiger partial charge on any atom is -0.289 e. The van der Waals surface area contributed by atoms with Crippen LogP contribution >= 0.6 is 0 Å². The third-order valence-corrected chi connectivity index (χ3v) is 5.42. The Morgan fingerprint density at radius 2 is 0.900 bits per heavy atom. The summed E-state index contributed by atoms with van der Waals surface area (Å²) in [6, 6.07) is 8.33. The van der Waals surface area contributed by atoms with Crippen molar-refractivity contribution in [2.45, 2.75) is 12.4 Å². The Balaban J connectivity index is 1.97. The van der Waals surface area contributed by atoms with Crippen LogP contribution in [-0.4, -0.2) is 0 Å². The molecule has 0 unspecified atom stereocenters. The van der Waals surface area contributed by atoms with E-state index in [0.29, 0.717) is 10.8 Å². The highest BCUT2D eigenvalue weighted by Crippen LogP contribution is 2.38. The van der Waals surface area contributed by atoms with E-state index in [1.165, 1.54) is 18.2 Å². The number of rotatable bonds is 0. The van der Waals surface area contributed by atoms with Crippen LogP contribution in [0.3, 0.4) is 0 Å². The summed E-state index contributed by atoms with van der Waals surface area (Å²) >= 11 is 0. The van der Waals surface area contributed by atoms with Gasteiger partial charge in [-0.1, -0.05) is 18.2 Å². The lowest BCUT2D eigenvalue weighted by Gasteiger charge is -2.05. The van der Waals surface area contributed by atoms with Gasteiger partial charge >= 0.3 is 12.4 Å². The molecule has 150 valence electrons. The van der Waals surface area contributed by atoms with Crippen molar-refractivity contribution in [1.82, 2.24) is 0 Å². The second-order valence-electron chi connectivity index (χ2n) is 7.09. The first-order chi connectivity index (χ1) is 14.0. The summed E-state index contributed by atoms with van der Waals surface area (Å²) in [5.41, 5.74) is -3.33. The van der Waals surface area contributed by atoms with Gasteiger partial charge in [-0.3, -0.25) is 9.59 Å². The normalized spacial score (nSPS) is 13.3. The molecule has 0 aromatic heterocycles. The highest BCUT2D eigenvalue weighted by molar-refractivity contribution is 6.28. The SMILES string of the molecule is O=c1c2cc(C(F)(F)F)ccc2c2c1ccc1c3ccc(C(F)(F)F)cc3c(=O)c12. The Hall–Kier alpha value is -3.42. The third-order valence-electron chi connectivity index (χ3n) is 5.42. The van der Waals surface area contributed by atoms with Gasteiger partial charge in [-0.2, -0.15) is 26.3 Å². The zero-order chi connectivity index (χ0) is 21.6. The fraction of sp³-hybridized carbons (Fsp3) is 0.0909.